The lowest BCUT2D eigenvalue weighted by molar-refractivity contribution is -0.118. The van der Waals surface area contributed by atoms with Gasteiger partial charge in [0.1, 0.15) is 12.3 Å². The Morgan fingerprint density at radius 3 is 2.54 bits per heavy atom. The molecule has 4 N–H and O–H groups in total. The molecule has 3 rings (SSSR count). The highest BCUT2D eigenvalue weighted by Crippen LogP contribution is 2.35. The van der Waals surface area contributed by atoms with E-state index in [1.165, 1.54) is 0 Å². The monoisotopic (exact) mass is 416 g/mol. The molecule has 28 heavy (non-hydrogen) atoms. The number of guanidine groups is 1. The van der Waals surface area contributed by atoms with Gasteiger partial charge in [-0.05, 0) is 42.5 Å². The van der Waals surface area contributed by atoms with Gasteiger partial charge in [-0.15, -0.1) is 0 Å². The van der Waals surface area contributed by atoms with Crippen LogP contribution in [0.2, 0.25) is 10.0 Å². The van der Waals surface area contributed by atoms with Gasteiger partial charge in [0.25, 0.3) is 5.91 Å². The van der Waals surface area contributed by atoms with Gasteiger partial charge >= 0.3 is 0 Å². The maximum absolute atomic E-state index is 12.3. The summed E-state index contributed by atoms with van der Waals surface area (Å²) in [6.45, 7) is -0.0738. The molecular formula is C20H18Cl2N4O2. The van der Waals surface area contributed by atoms with Crippen molar-refractivity contribution in [3.8, 4) is 28.3 Å². The third-order valence-electron chi connectivity index (χ3n) is 4.10. The molecule has 0 fully saturated rings. The summed E-state index contributed by atoms with van der Waals surface area (Å²) in [4.78, 5) is 15.9. The zero-order valence-electron chi connectivity index (χ0n) is 15.0. The SMILES string of the molecule is COc1cccc(-c2ccc(-c3cc(Cl)ccc3Cl)n2CC(=O)N=C(N)N)c1. The van der Waals surface area contributed by atoms with Crippen molar-refractivity contribution in [3.05, 3.63) is 64.6 Å². The predicted molar refractivity (Wildman–Crippen MR) is 113 cm³/mol. The van der Waals surface area contributed by atoms with Gasteiger partial charge in [0.15, 0.2) is 5.96 Å². The van der Waals surface area contributed by atoms with Crippen molar-refractivity contribution >= 4 is 35.1 Å². The molecule has 0 unspecified atom stereocenters. The van der Waals surface area contributed by atoms with Crippen LogP contribution < -0.4 is 16.2 Å². The van der Waals surface area contributed by atoms with Crippen LogP contribution in [0.5, 0.6) is 5.75 Å². The Balaban J connectivity index is 2.17. The van der Waals surface area contributed by atoms with Crippen molar-refractivity contribution < 1.29 is 9.53 Å². The molecule has 0 bridgehead atoms. The zero-order valence-corrected chi connectivity index (χ0v) is 16.5. The maximum atomic E-state index is 12.3. The summed E-state index contributed by atoms with van der Waals surface area (Å²) in [5.74, 6) is -0.0784. The number of benzene rings is 2. The fourth-order valence-corrected chi connectivity index (χ4v) is 3.30. The number of methoxy groups -OCH3 is 1. The molecule has 0 atom stereocenters. The van der Waals surface area contributed by atoms with Crippen LogP contribution in [0.3, 0.4) is 0 Å². The third kappa shape index (κ3) is 4.30. The molecule has 1 amide bonds. The van der Waals surface area contributed by atoms with Crippen molar-refractivity contribution in [2.24, 2.45) is 16.5 Å². The molecule has 144 valence electrons. The van der Waals surface area contributed by atoms with E-state index >= 15 is 0 Å². The molecule has 0 aliphatic carbocycles. The van der Waals surface area contributed by atoms with Crippen molar-refractivity contribution in [3.63, 3.8) is 0 Å². The number of aliphatic imine (C=N–C) groups is 1. The number of aromatic nitrogens is 1. The number of carbonyl (C=O) groups is 1. The van der Waals surface area contributed by atoms with Crippen LogP contribution >= 0.6 is 23.2 Å². The first kappa shape index (κ1) is 19.8. The highest BCUT2D eigenvalue weighted by Gasteiger charge is 2.17. The number of halogens is 2. The largest absolute Gasteiger partial charge is 0.497 e. The highest BCUT2D eigenvalue weighted by molar-refractivity contribution is 6.35. The number of nitrogens with two attached hydrogens (primary N) is 2. The normalized spacial score (nSPS) is 10.5. The van der Waals surface area contributed by atoms with Gasteiger partial charge in [-0.3, -0.25) is 4.79 Å². The number of nitrogens with zero attached hydrogens (tertiary/aromatic N) is 2. The van der Waals surface area contributed by atoms with Crippen LogP contribution in [-0.2, 0) is 11.3 Å². The summed E-state index contributed by atoms with van der Waals surface area (Å²) in [6, 6.07) is 16.4. The van der Waals surface area contributed by atoms with Crippen LogP contribution in [0.15, 0.2) is 59.6 Å². The quantitative estimate of drug-likeness (QED) is 0.486. The Kier molecular flexibility index (Phi) is 5.92. The number of hydrogen-bond acceptors (Lipinski definition) is 2. The summed E-state index contributed by atoms with van der Waals surface area (Å²) < 4.78 is 7.10. The topological polar surface area (TPSA) is 95.6 Å². The van der Waals surface area contributed by atoms with E-state index in [0.29, 0.717) is 27.1 Å². The minimum absolute atomic E-state index is 0.0738. The number of amides is 1. The van der Waals surface area contributed by atoms with E-state index in [1.54, 1.807) is 29.9 Å². The maximum Gasteiger partial charge on any atom is 0.268 e. The molecule has 1 aromatic heterocycles. The molecule has 0 aliphatic rings. The molecule has 0 saturated carbocycles. The molecule has 0 radical (unpaired) electrons. The Labute approximate surface area is 172 Å². The first-order chi connectivity index (χ1) is 13.4. The van der Waals surface area contributed by atoms with E-state index < -0.39 is 5.91 Å². The standard InChI is InChI=1S/C20H18Cl2N4O2/c1-28-14-4-2-3-12(9-14)17-7-8-18(15-10-13(21)5-6-16(15)22)26(17)11-19(27)25-20(23)24/h2-10H,11H2,1H3,(H4,23,24,25,27). The van der Waals surface area contributed by atoms with E-state index in [-0.39, 0.29) is 12.5 Å². The number of rotatable bonds is 5. The Bertz CT molecular complexity index is 1060. The van der Waals surface area contributed by atoms with Crippen molar-refractivity contribution in [1.29, 1.82) is 0 Å². The third-order valence-corrected chi connectivity index (χ3v) is 4.66. The number of ether oxygens (including phenoxy) is 1. The lowest BCUT2D eigenvalue weighted by Crippen LogP contribution is -2.25. The second kappa shape index (κ2) is 8.37. The van der Waals surface area contributed by atoms with Gasteiger partial charge in [0.2, 0.25) is 0 Å². The molecular weight excluding hydrogens is 399 g/mol. The molecule has 6 nitrogen and oxygen atoms in total. The van der Waals surface area contributed by atoms with Crippen LogP contribution in [0.4, 0.5) is 0 Å². The second-order valence-corrected chi connectivity index (χ2v) is 6.82. The fraction of sp³-hybridized carbons (Fsp3) is 0.100. The summed E-state index contributed by atoms with van der Waals surface area (Å²) in [5.41, 5.74) is 13.7. The molecule has 3 aromatic rings. The molecule has 0 aliphatic heterocycles. The molecule has 8 heteroatoms. The van der Waals surface area contributed by atoms with Crippen LogP contribution in [0.1, 0.15) is 0 Å². The summed E-state index contributed by atoms with van der Waals surface area (Å²) in [6.07, 6.45) is 0. The first-order valence-electron chi connectivity index (χ1n) is 8.31. The minimum Gasteiger partial charge on any atom is -0.497 e. The van der Waals surface area contributed by atoms with Crippen LogP contribution in [0, 0.1) is 0 Å². The van der Waals surface area contributed by atoms with E-state index in [9.17, 15) is 4.79 Å². The van der Waals surface area contributed by atoms with Gasteiger partial charge in [0.05, 0.1) is 12.8 Å². The van der Waals surface area contributed by atoms with E-state index in [0.717, 1.165) is 11.3 Å². The summed E-state index contributed by atoms with van der Waals surface area (Å²) in [7, 11) is 1.59. The zero-order chi connectivity index (χ0) is 20.3. The molecule has 2 aromatic carbocycles. The Morgan fingerprint density at radius 2 is 1.82 bits per heavy atom. The summed E-state index contributed by atoms with van der Waals surface area (Å²) in [5, 5.41) is 1.04. The predicted octanol–water partition coefficient (Wildman–Crippen LogP) is 3.94. The lowest BCUT2D eigenvalue weighted by atomic mass is 10.1. The average Bonchev–Trinajstić information content (AvgIpc) is 3.06. The highest BCUT2D eigenvalue weighted by atomic mass is 35.5. The van der Waals surface area contributed by atoms with Crippen LogP contribution in [0.25, 0.3) is 22.5 Å². The smallest absolute Gasteiger partial charge is 0.268 e. The van der Waals surface area contributed by atoms with E-state index in [2.05, 4.69) is 4.99 Å². The average molecular weight is 417 g/mol. The minimum atomic E-state index is -0.486. The van der Waals surface area contributed by atoms with Gasteiger partial charge in [-0.1, -0.05) is 35.3 Å². The van der Waals surface area contributed by atoms with E-state index in [1.807, 2.05) is 36.4 Å². The summed E-state index contributed by atoms with van der Waals surface area (Å²) >= 11 is 12.5. The van der Waals surface area contributed by atoms with Crippen LogP contribution in [-0.4, -0.2) is 23.5 Å². The van der Waals surface area contributed by atoms with Gasteiger partial charge in [-0.25, -0.2) is 0 Å². The fourth-order valence-electron chi connectivity index (χ4n) is 2.92. The first-order valence-corrected chi connectivity index (χ1v) is 9.06. The number of carbonyl (C=O) groups excluding carboxylic acids is 1. The van der Waals surface area contributed by atoms with E-state index in [4.69, 9.17) is 39.4 Å². The van der Waals surface area contributed by atoms with Crippen molar-refractivity contribution in [2.75, 3.05) is 7.11 Å². The Morgan fingerprint density at radius 1 is 1.07 bits per heavy atom. The molecule has 0 spiro atoms. The van der Waals surface area contributed by atoms with Gasteiger partial charge in [-0.2, -0.15) is 4.99 Å². The van der Waals surface area contributed by atoms with Crippen molar-refractivity contribution in [2.45, 2.75) is 6.54 Å². The van der Waals surface area contributed by atoms with Crippen molar-refractivity contribution in [1.82, 2.24) is 4.57 Å². The Hall–Kier alpha value is -2.96. The second-order valence-electron chi connectivity index (χ2n) is 5.98. The molecule has 0 saturated heterocycles. The van der Waals surface area contributed by atoms with Gasteiger partial charge < -0.3 is 20.8 Å². The van der Waals surface area contributed by atoms with Gasteiger partial charge in [0, 0.05) is 26.9 Å². The number of hydrogen-bond donors (Lipinski definition) is 2. The molecule has 1 heterocycles. The lowest BCUT2D eigenvalue weighted by Gasteiger charge is -2.14.